The monoisotopic (exact) mass is 148 g/mol. The van der Waals surface area contributed by atoms with Crippen LogP contribution in [0.2, 0.25) is 0 Å². The second-order valence-electron chi connectivity index (χ2n) is 1.51. The first-order chi connectivity index (χ1) is 4.22. The summed E-state index contributed by atoms with van der Waals surface area (Å²) < 4.78 is 23.0. The van der Waals surface area contributed by atoms with Crippen molar-refractivity contribution < 1.29 is 8.44 Å². The van der Waals surface area contributed by atoms with Gasteiger partial charge in [0.2, 0.25) is 0 Å². The van der Waals surface area contributed by atoms with E-state index in [9.17, 15) is 8.44 Å². The van der Waals surface area contributed by atoms with Crippen molar-refractivity contribution >= 4 is 11.7 Å². The molecular weight excluding hydrogens is 143 g/mol. The fraction of sp³-hybridized carbons (Fsp3) is 0.250. The minimum atomic E-state index is -2.46. The zero-order valence-corrected chi connectivity index (χ0v) is 5.56. The molecule has 50 valence electrons. The largest absolute Gasteiger partial charge is 0.555 e. The molecule has 0 aliphatic heterocycles. The van der Waals surface area contributed by atoms with Crippen molar-refractivity contribution in [2.24, 2.45) is 0 Å². The summed E-state index contributed by atoms with van der Waals surface area (Å²) in [7, 11) is 0. The van der Waals surface area contributed by atoms with Gasteiger partial charge in [0, 0.05) is 0 Å². The van der Waals surface area contributed by atoms with Gasteiger partial charge in [-0.15, -0.1) is 3.97 Å². The van der Waals surface area contributed by atoms with Crippen molar-refractivity contribution in [1.29, 1.82) is 0 Å². The van der Waals surface area contributed by atoms with Gasteiger partial charge in [-0.2, -0.15) is 0 Å². The topological polar surface area (TPSA) is 40.9 Å². The number of aryl methyl sites for hydroxylation is 1. The summed E-state index contributed by atoms with van der Waals surface area (Å²) in [4.78, 5) is 3.67. The zero-order chi connectivity index (χ0) is 6.85. The average Bonchev–Trinajstić information content (AvgIpc) is 2.13. The zero-order valence-electron chi connectivity index (χ0n) is 4.74. The second kappa shape index (κ2) is 2.36. The van der Waals surface area contributed by atoms with Crippen LogP contribution in [0.15, 0.2) is 12.4 Å². The Kier molecular flexibility index (Phi) is 1.73. The van der Waals surface area contributed by atoms with E-state index in [4.69, 9.17) is 0 Å². The van der Waals surface area contributed by atoms with E-state index in [1.165, 1.54) is 12.4 Å². The van der Waals surface area contributed by atoms with Crippen LogP contribution >= 0.6 is 0 Å². The van der Waals surface area contributed by atoms with Crippen molar-refractivity contribution in [1.82, 2.24) is 8.96 Å². The lowest BCUT2D eigenvalue weighted by Crippen LogP contribution is -2.06. The minimum Gasteiger partial charge on any atom is -0.555 e. The smallest absolute Gasteiger partial charge is 0.311 e. The van der Waals surface area contributed by atoms with Crippen LogP contribution in [0.3, 0.4) is 0 Å². The van der Waals surface area contributed by atoms with E-state index >= 15 is 0 Å². The fourth-order valence-corrected chi connectivity index (χ4v) is 0.923. The number of hydrogen-bond acceptors (Lipinski definition) is 2. The molecule has 0 radical (unpaired) electrons. The molecule has 0 bridgehead atoms. The van der Waals surface area contributed by atoms with Crippen molar-refractivity contribution in [2.75, 3.05) is 0 Å². The first-order valence-corrected chi connectivity index (χ1v) is 3.31. The molecule has 1 atom stereocenters. The van der Waals surface area contributed by atoms with Gasteiger partial charge in [0.15, 0.2) is 5.82 Å². The number of imidazole rings is 1. The molecule has 9 heavy (non-hydrogen) atoms. The second-order valence-corrected chi connectivity index (χ2v) is 2.31. The summed E-state index contributed by atoms with van der Waals surface area (Å²) in [6, 6.07) is 0. The number of hydrogen-bond donors (Lipinski definition) is 0. The minimum absolute atomic E-state index is 0.413. The van der Waals surface area contributed by atoms with Crippen LogP contribution in [0.4, 0.5) is 3.89 Å². The van der Waals surface area contributed by atoms with Gasteiger partial charge in [0.1, 0.15) is 0 Å². The summed E-state index contributed by atoms with van der Waals surface area (Å²) in [5, 5.41) is 0. The van der Waals surface area contributed by atoms with E-state index in [2.05, 4.69) is 4.98 Å². The van der Waals surface area contributed by atoms with Crippen LogP contribution in [0.1, 0.15) is 5.82 Å². The molecule has 0 saturated heterocycles. The van der Waals surface area contributed by atoms with Gasteiger partial charge >= 0.3 is 11.7 Å². The summed E-state index contributed by atoms with van der Waals surface area (Å²) in [5.74, 6) is 0.413. The third kappa shape index (κ3) is 1.22. The molecule has 0 fully saturated rings. The normalized spacial score (nSPS) is 13.7. The summed E-state index contributed by atoms with van der Waals surface area (Å²) in [6.45, 7) is 1.58. The number of aromatic nitrogens is 2. The molecule has 3 nitrogen and oxygen atoms in total. The van der Waals surface area contributed by atoms with Crippen molar-refractivity contribution in [2.45, 2.75) is 6.92 Å². The van der Waals surface area contributed by atoms with Crippen molar-refractivity contribution in [3.8, 4) is 0 Å². The van der Waals surface area contributed by atoms with Gasteiger partial charge in [-0.1, -0.05) is 0 Å². The van der Waals surface area contributed by atoms with Crippen LogP contribution in [0, 0.1) is 6.92 Å². The van der Waals surface area contributed by atoms with Crippen LogP contribution in [-0.2, 0) is 11.7 Å². The molecule has 1 unspecified atom stereocenters. The highest BCUT2D eigenvalue weighted by atomic mass is 32.3. The third-order valence-corrected chi connectivity index (χ3v) is 1.63. The van der Waals surface area contributed by atoms with Crippen LogP contribution in [0.25, 0.3) is 0 Å². The molecule has 1 heterocycles. The van der Waals surface area contributed by atoms with Crippen LogP contribution in [-0.4, -0.2) is 13.5 Å². The summed E-state index contributed by atoms with van der Waals surface area (Å²) >= 11 is -2.46. The maximum absolute atomic E-state index is 11.9. The van der Waals surface area contributed by atoms with Crippen LogP contribution < -0.4 is 0 Å². The Balaban J connectivity index is 2.94. The molecule has 0 amide bonds. The highest BCUT2D eigenvalue weighted by Crippen LogP contribution is 2.01. The molecule has 0 spiro atoms. The summed E-state index contributed by atoms with van der Waals surface area (Å²) in [5.41, 5.74) is 0. The first-order valence-electron chi connectivity index (χ1n) is 2.30. The van der Waals surface area contributed by atoms with Crippen molar-refractivity contribution in [3.05, 3.63) is 18.2 Å². The number of halogens is 1. The number of rotatable bonds is 1. The van der Waals surface area contributed by atoms with E-state index in [-0.39, 0.29) is 0 Å². The predicted molar refractivity (Wildman–Crippen MR) is 31.6 cm³/mol. The Morgan fingerprint density at radius 1 is 1.89 bits per heavy atom. The highest BCUT2D eigenvalue weighted by Gasteiger charge is 2.09. The first kappa shape index (κ1) is 6.57. The quantitative estimate of drug-likeness (QED) is 0.547. The van der Waals surface area contributed by atoms with Crippen LogP contribution in [0.5, 0.6) is 0 Å². The molecule has 5 heteroatoms. The Morgan fingerprint density at radius 2 is 2.56 bits per heavy atom. The van der Waals surface area contributed by atoms with E-state index in [0.717, 1.165) is 3.97 Å². The van der Waals surface area contributed by atoms with Crippen molar-refractivity contribution in [3.63, 3.8) is 0 Å². The Hall–Kier alpha value is -0.550. The molecular formula is C4H5FN2OS. The fourth-order valence-electron chi connectivity index (χ4n) is 0.518. The van der Waals surface area contributed by atoms with Gasteiger partial charge in [-0.05, 0) is 6.92 Å². The Bertz CT molecular complexity index is 200. The van der Waals surface area contributed by atoms with Gasteiger partial charge in [0.25, 0.3) is 0 Å². The molecule has 0 aliphatic rings. The van der Waals surface area contributed by atoms with E-state index in [1.54, 1.807) is 6.92 Å². The lowest BCUT2D eigenvalue weighted by Gasteiger charge is -1.95. The molecule has 1 aromatic rings. The molecule has 0 aromatic carbocycles. The standard InChI is InChI=1S/C4H5FN2OS/c1-4-6-2-3-7(4)9(5)8/h2-3H,1H3. The molecule has 0 N–H and O–H groups in total. The van der Waals surface area contributed by atoms with E-state index < -0.39 is 11.7 Å². The highest BCUT2D eigenvalue weighted by molar-refractivity contribution is 7.84. The van der Waals surface area contributed by atoms with Gasteiger partial charge in [0.05, 0.1) is 16.3 Å². The number of nitrogens with zero attached hydrogens (tertiary/aromatic N) is 2. The lowest BCUT2D eigenvalue weighted by molar-refractivity contribution is 0.538. The van der Waals surface area contributed by atoms with E-state index in [0.29, 0.717) is 5.82 Å². The Labute approximate surface area is 55.1 Å². The van der Waals surface area contributed by atoms with E-state index in [1.807, 2.05) is 0 Å². The van der Waals surface area contributed by atoms with Gasteiger partial charge < -0.3 is 4.55 Å². The molecule has 0 saturated carbocycles. The molecule has 1 aromatic heterocycles. The Morgan fingerprint density at radius 3 is 2.78 bits per heavy atom. The molecule has 1 rings (SSSR count). The predicted octanol–water partition coefficient (Wildman–Crippen LogP) is 0.588. The third-order valence-electron chi connectivity index (χ3n) is 0.937. The summed E-state index contributed by atoms with van der Waals surface area (Å²) in [6.07, 6.45) is 2.72. The SMILES string of the molecule is Cc1nccn1[S+]([O-])F. The van der Waals surface area contributed by atoms with Gasteiger partial charge in [-0.3, -0.25) is 0 Å². The average molecular weight is 148 g/mol. The van der Waals surface area contributed by atoms with Gasteiger partial charge in [-0.25, -0.2) is 4.98 Å². The molecule has 0 aliphatic carbocycles. The lowest BCUT2D eigenvalue weighted by atomic mass is 10.8. The maximum atomic E-state index is 11.9. The maximum Gasteiger partial charge on any atom is 0.311 e.